The fourth-order valence-corrected chi connectivity index (χ4v) is 4.40. The molecule has 1 aromatic heterocycles. The van der Waals surface area contributed by atoms with Gasteiger partial charge in [-0.1, -0.05) is 41.3 Å². The number of ether oxygens (including phenoxy) is 1. The molecule has 0 saturated heterocycles. The molecule has 3 rings (SSSR count). The summed E-state index contributed by atoms with van der Waals surface area (Å²) in [7, 11) is 1.45. The van der Waals surface area contributed by atoms with E-state index in [0.29, 0.717) is 14.0 Å². The van der Waals surface area contributed by atoms with E-state index in [-0.39, 0.29) is 17.1 Å². The Kier molecular flexibility index (Phi) is 5.62. The smallest absolute Gasteiger partial charge is 0.184 e. The van der Waals surface area contributed by atoms with Gasteiger partial charge in [0.05, 0.1) is 24.1 Å². The van der Waals surface area contributed by atoms with Crippen LogP contribution in [0.4, 0.5) is 4.39 Å². The minimum Gasteiger partial charge on any atom is -0.496 e. The first kappa shape index (κ1) is 17.8. The first-order valence-corrected chi connectivity index (χ1v) is 9.44. The van der Waals surface area contributed by atoms with E-state index in [1.165, 1.54) is 48.4 Å². The van der Waals surface area contributed by atoms with Crippen molar-refractivity contribution in [2.75, 3.05) is 12.9 Å². The third-order valence-corrected chi connectivity index (χ3v) is 5.68. The zero-order valence-electron chi connectivity index (χ0n) is 13.1. The van der Waals surface area contributed by atoms with Crippen molar-refractivity contribution in [3.05, 3.63) is 63.9 Å². The topological polar surface area (TPSA) is 44.1 Å². The number of halogens is 1. The summed E-state index contributed by atoms with van der Waals surface area (Å²) >= 11 is 7.94. The number of para-hydroxylation sites is 1. The second-order valence-electron chi connectivity index (χ2n) is 4.94. The van der Waals surface area contributed by atoms with Crippen LogP contribution in [0.1, 0.15) is 10.4 Å². The van der Waals surface area contributed by atoms with Gasteiger partial charge < -0.3 is 4.74 Å². The van der Waals surface area contributed by atoms with Crippen molar-refractivity contribution in [1.82, 2.24) is 9.78 Å². The summed E-state index contributed by atoms with van der Waals surface area (Å²) in [4.78, 5) is 12.4. The Balaban J connectivity index is 1.75. The number of hydrogen-bond acceptors (Lipinski definition) is 6. The number of ketones is 1. The molecule has 0 fully saturated rings. The van der Waals surface area contributed by atoms with Crippen molar-refractivity contribution in [2.45, 2.75) is 4.34 Å². The van der Waals surface area contributed by atoms with E-state index in [0.717, 1.165) is 5.69 Å². The molecule has 8 heteroatoms. The number of hydrogen-bond donors (Lipinski definition) is 0. The van der Waals surface area contributed by atoms with Crippen LogP contribution in [0.25, 0.3) is 5.69 Å². The number of thioether (sulfide) groups is 1. The van der Waals surface area contributed by atoms with Gasteiger partial charge in [-0.2, -0.15) is 0 Å². The molecule has 0 spiro atoms. The molecule has 4 nitrogen and oxygen atoms in total. The molecular weight excluding hydrogens is 379 g/mol. The van der Waals surface area contributed by atoms with Gasteiger partial charge in [0.1, 0.15) is 11.6 Å². The summed E-state index contributed by atoms with van der Waals surface area (Å²) in [6.45, 7) is 0. The van der Waals surface area contributed by atoms with Gasteiger partial charge in [0, 0.05) is 0 Å². The molecule has 0 unspecified atom stereocenters. The van der Waals surface area contributed by atoms with Crippen molar-refractivity contribution in [3.8, 4) is 11.4 Å². The summed E-state index contributed by atoms with van der Waals surface area (Å²) in [6, 6.07) is 13.4. The fraction of sp³-hybridized carbons (Fsp3) is 0.118. The molecule has 0 aliphatic heterocycles. The molecule has 3 aromatic rings. The SMILES string of the molecule is COc1ccc(F)cc1C(=O)CSc1nn(-c2ccccc2)c(=S)s1. The van der Waals surface area contributed by atoms with E-state index in [1.807, 2.05) is 30.3 Å². The lowest BCUT2D eigenvalue weighted by atomic mass is 10.1. The summed E-state index contributed by atoms with van der Waals surface area (Å²) in [6.07, 6.45) is 0. The minimum atomic E-state index is -0.474. The summed E-state index contributed by atoms with van der Waals surface area (Å²) in [5, 5.41) is 4.44. The maximum Gasteiger partial charge on any atom is 0.184 e. The Labute approximate surface area is 157 Å². The zero-order chi connectivity index (χ0) is 17.8. The average Bonchev–Trinajstić information content (AvgIpc) is 3.01. The Bertz CT molecular complexity index is 954. The highest BCUT2D eigenvalue weighted by Gasteiger charge is 2.15. The van der Waals surface area contributed by atoms with Crippen molar-refractivity contribution in [1.29, 1.82) is 0 Å². The standard InChI is InChI=1S/C17H13FN2O2S3/c1-22-15-8-7-11(18)9-13(15)14(21)10-24-16-19-20(17(23)25-16)12-5-3-2-4-6-12/h2-9H,10H2,1H3. The van der Waals surface area contributed by atoms with E-state index in [2.05, 4.69) is 5.10 Å². The van der Waals surface area contributed by atoms with E-state index in [4.69, 9.17) is 17.0 Å². The molecule has 25 heavy (non-hydrogen) atoms. The number of nitrogens with zero attached hydrogens (tertiary/aromatic N) is 2. The third kappa shape index (κ3) is 4.15. The van der Waals surface area contributed by atoms with Gasteiger partial charge in [0.25, 0.3) is 0 Å². The average molecular weight is 393 g/mol. The molecule has 0 aliphatic carbocycles. The molecule has 0 atom stereocenters. The number of carbonyl (C=O) groups excluding carboxylic acids is 1. The molecule has 128 valence electrons. The van der Waals surface area contributed by atoms with Crippen LogP contribution in [0, 0.1) is 9.77 Å². The van der Waals surface area contributed by atoms with Crippen molar-refractivity contribution < 1.29 is 13.9 Å². The van der Waals surface area contributed by atoms with Gasteiger partial charge >= 0.3 is 0 Å². The molecule has 0 aliphatic rings. The number of methoxy groups -OCH3 is 1. The second kappa shape index (κ2) is 7.90. The third-order valence-electron chi connectivity index (χ3n) is 3.32. The van der Waals surface area contributed by atoms with Gasteiger partial charge in [-0.15, -0.1) is 5.10 Å². The second-order valence-corrected chi connectivity index (χ2v) is 7.78. The number of rotatable bonds is 6. The lowest BCUT2D eigenvalue weighted by Gasteiger charge is -2.06. The van der Waals surface area contributed by atoms with Gasteiger partial charge in [0.2, 0.25) is 0 Å². The summed E-state index contributed by atoms with van der Waals surface area (Å²) < 4.78 is 21.5. The molecule has 0 bridgehead atoms. The number of aromatic nitrogens is 2. The maximum atomic E-state index is 13.4. The molecule has 1 heterocycles. The van der Waals surface area contributed by atoms with Gasteiger partial charge in [0.15, 0.2) is 14.1 Å². The zero-order valence-corrected chi connectivity index (χ0v) is 15.6. The summed E-state index contributed by atoms with van der Waals surface area (Å²) in [5.41, 5.74) is 1.09. The summed E-state index contributed by atoms with van der Waals surface area (Å²) in [5.74, 6) is -0.224. The molecule has 0 N–H and O–H groups in total. The lowest BCUT2D eigenvalue weighted by Crippen LogP contribution is -2.05. The molecule has 2 aromatic carbocycles. The lowest BCUT2D eigenvalue weighted by molar-refractivity contribution is 0.101. The predicted octanol–water partition coefficient (Wildman–Crippen LogP) is 4.79. The van der Waals surface area contributed by atoms with Gasteiger partial charge in [-0.05, 0) is 42.5 Å². The van der Waals surface area contributed by atoms with Gasteiger partial charge in [-0.3, -0.25) is 4.79 Å². The van der Waals surface area contributed by atoms with E-state index < -0.39 is 5.82 Å². The maximum absolute atomic E-state index is 13.4. The quantitative estimate of drug-likeness (QED) is 0.343. The molecule has 0 radical (unpaired) electrons. The highest BCUT2D eigenvalue weighted by Crippen LogP contribution is 2.27. The van der Waals surface area contributed by atoms with Crippen LogP contribution >= 0.6 is 35.3 Å². The first-order chi connectivity index (χ1) is 12.1. The normalized spacial score (nSPS) is 10.6. The number of Topliss-reactive ketones (excluding diaryl/α,β-unsaturated/α-hetero) is 1. The van der Waals surface area contributed by atoms with Crippen LogP contribution in [-0.4, -0.2) is 28.4 Å². The van der Waals surface area contributed by atoms with E-state index in [9.17, 15) is 9.18 Å². The number of carbonyl (C=O) groups is 1. The Morgan fingerprint density at radius 3 is 2.80 bits per heavy atom. The van der Waals surface area contributed by atoms with Crippen LogP contribution in [0.3, 0.4) is 0 Å². The minimum absolute atomic E-state index is 0.122. The van der Waals surface area contributed by atoms with Crippen molar-refractivity contribution in [3.63, 3.8) is 0 Å². The largest absolute Gasteiger partial charge is 0.496 e. The molecular formula is C17H13FN2O2S3. The Hall–Kier alpha value is -2.03. The highest BCUT2D eigenvalue weighted by atomic mass is 32.2. The first-order valence-electron chi connectivity index (χ1n) is 7.23. The van der Waals surface area contributed by atoms with Crippen LogP contribution < -0.4 is 4.74 Å². The predicted molar refractivity (Wildman–Crippen MR) is 100 cm³/mol. The highest BCUT2D eigenvalue weighted by molar-refractivity contribution is 8.01. The van der Waals surface area contributed by atoms with Crippen LogP contribution in [0.15, 0.2) is 52.9 Å². The molecule has 0 amide bonds. The van der Waals surface area contributed by atoms with Crippen LogP contribution in [0.5, 0.6) is 5.75 Å². The Morgan fingerprint density at radius 1 is 1.32 bits per heavy atom. The number of benzene rings is 2. The Morgan fingerprint density at radius 2 is 2.08 bits per heavy atom. The monoisotopic (exact) mass is 392 g/mol. The van der Waals surface area contributed by atoms with Crippen LogP contribution in [-0.2, 0) is 0 Å². The molecule has 0 saturated carbocycles. The van der Waals surface area contributed by atoms with Crippen molar-refractivity contribution >= 4 is 41.1 Å². The van der Waals surface area contributed by atoms with E-state index >= 15 is 0 Å². The van der Waals surface area contributed by atoms with Crippen LogP contribution in [0.2, 0.25) is 0 Å². The van der Waals surface area contributed by atoms with E-state index in [1.54, 1.807) is 4.68 Å². The fourth-order valence-electron chi connectivity index (χ4n) is 2.15. The van der Waals surface area contributed by atoms with Crippen molar-refractivity contribution in [2.24, 2.45) is 0 Å². The van der Waals surface area contributed by atoms with Gasteiger partial charge in [-0.25, -0.2) is 9.07 Å².